The van der Waals surface area contributed by atoms with E-state index < -0.39 is 51.6 Å². The number of halogens is 4. The van der Waals surface area contributed by atoms with Crippen LogP contribution in [0.25, 0.3) is 0 Å². The Kier molecular flexibility index (Phi) is 7.26. The first-order chi connectivity index (χ1) is 11.9. The second kappa shape index (κ2) is 8.41. The quantitative estimate of drug-likeness (QED) is 0.333. The van der Waals surface area contributed by atoms with Crippen molar-refractivity contribution in [3.05, 3.63) is 47.8 Å². The Hall–Kier alpha value is -1.58. The lowest BCUT2D eigenvalue weighted by Gasteiger charge is -2.39. The molecule has 0 bridgehead atoms. The van der Waals surface area contributed by atoms with Crippen molar-refractivity contribution >= 4 is 17.3 Å². The van der Waals surface area contributed by atoms with Crippen LogP contribution < -0.4 is 4.72 Å². The minimum Gasteiger partial charge on any atom is -0.598 e. The molecule has 0 aliphatic heterocycles. The fraction of sp³-hybridized carbons (Fsp3) is 0.471. The molecule has 0 aliphatic carbocycles. The van der Waals surface area contributed by atoms with E-state index in [9.17, 15) is 26.9 Å². The zero-order valence-corrected chi connectivity index (χ0v) is 15.6. The molecule has 0 unspecified atom stereocenters. The van der Waals surface area contributed by atoms with Crippen LogP contribution in [0.2, 0.25) is 0 Å². The predicted octanol–water partition coefficient (Wildman–Crippen LogP) is 3.41. The van der Waals surface area contributed by atoms with Crippen molar-refractivity contribution in [3.63, 3.8) is 0 Å². The summed E-state index contributed by atoms with van der Waals surface area (Å²) < 4.78 is 75.9. The molecular weight excluding hydrogens is 374 g/mol. The van der Waals surface area contributed by atoms with Crippen molar-refractivity contribution < 1.29 is 31.6 Å². The van der Waals surface area contributed by atoms with Crippen LogP contribution in [0.5, 0.6) is 0 Å². The minimum absolute atomic E-state index is 0.109. The molecule has 1 rings (SSSR count). The van der Waals surface area contributed by atoms with Gasteiger partial charge in [0.1, 0.15) is 17.2 Å². The molecule has 9 heteroatoms. The topological polar surface area (TPSA) is 61.4 Å². The van der Waals surface area contributed by atoms with Gasteiger partial charge in [-0.05, 0) is 32.9 Å². The minimum atomic E-state index is -4.11. The highest BCUT2D eigenvalue weighted by atomic mass is 32.2. The van der Waals surface area contributed by atoms with Crippen molar-refractivity contribution in [1.29, 1.82) is 0 Å². The Labute approximate surface area is 152 Å². The first kappa shape index (κ1) is 22.5. The third-order valence-corrected chi connectivity index (χ3v) is 5.20. The summed E-state index contributed by atoms with van der Waals surface area (Å²) in [7, 11) is 0.983. The van der Waals surface area contributed by atoms with E-state index in [1.807, 2.05) is 0 Å². The SMILES string of the molecule is COC(=O)/C=C/C(F)(F)[C@](CF)(N[S@+]([O-])C(C)(C)C)c1ccccc1F. The fourth-order valence-electron chi connectivity index (χ4n) is 1.99. The third-order valence-electron chi connectivity index (χ3n) is 3.56. The van der Waals surface area contributed by atoms with E-state index in [1.54, 1.807) is 0 Å². The van der Waals surface area contributed by atoms with Crippen LogP contribution in [-0.4, -0.2) is 35.0 Å². The van der Waals surface area contributed by atoms with E-state index in [-0.39, 0.29) is 6.08 Å². The summed E-state index contributed by atoms with van der Waals surface area (Å²) in [4.78, 5) is 11.2. The molecule has 1 aromatic rings. The molecule has 1 N–H and O–H groups in total. The summed E-state index contributed by atoms with van der Waals surface area (Å²) in [6.45, 7) is 2.68. The Balaban J connectivity index is 3.57. The second-order valence-electron chi connectivity index (χ2n) is 6.48. The van der Waals surface area contributed by atoms with Crippen LogP contribution in [0.15, 0.2) is 36.4 Å². The van der Waals surface area contributed by atoms with E-state index in [0.717, 1.165) is 19.2 Å². The van der Waals surface area contributed by atoms with E-state index >= 15 is 0 Å². The van der Waals surface area contributed by atoms with Crippen molar-refractivity contribution in [2.75, 3.05) is 13.8 Å². The molecule has 0 saturated carbocycles. The van der Waals surface area contributed by atoms with Gasteiger partial charge in [0, 0.05) is 23.0 Å². The van der Waals surface area contributed by atoms with Crippen LogP contribution in [-0.2, 0) is 26.4 Å². The van der Waals surface area contributed by atoms with Crippen molar-refractivity contribution in [3.8, 4) is 0 Å². The summed E-state index contributed by atoms with van der Waals surface area (Å²) in [5, 5.41) is 0. The average Bonchev–Trinajstić information content (AvgIpc) is 2.57. The Morgan fingerprint density at radius 2 is 1.88 bits per heavy atom. The predicted molar refractivity (Wildman–Crippen MR) is 91.2 cm³/mol. The van der Waals surface area contributed by atoms with Gasteiger partial charge in [-0.3, -0.25) is 0 Å². The molecule has 146 valence electrons. The second-order valence-corrected chi connectivity index (χ2v) is 8.45. The number of alkyl halides is 3. The Bertz CT molecular complexity index is 664. The number of hydrogen-bond donors (Lipinski definition) is 1. The third kappa shape index (κ3) is 4.77. The van der Waals surface area contributed by atoms with Gasteiger partial charge in [0.2, 0.25) is 0 Å². The highest BCUT2D eigenvalue weighted by molar-refractivity contribution is 7.90. The van der Waals surface area contributed by atoms with Crippen LogP contribution in [0.1, 0.15) is 26.3 Å². The van der Waals surface area contributed by atoms with Gasteiger partial charge in [-0.15, -0.1) is 4.72 Å². The van der Waals surface area contributed by atoms with Gasteiger partial charge in [-0.1, -0.05) is 18.2 Å². The lowest BCUT2D eigenvalue weighted by atomic mass is 9.85. The van der Waals surface area contributed by atoms with E-state index in [0.29, 0.717) is 6.08 Å². The van der Waals surface area contributed by atoms with Gasteiger partial charge in [0.15, 0.2) is 5.54 Å². The summed E-state index contributed by atoms with van der Waals surface area (Å²) in [5.41, 5.74) is -3.69. The van der Waals surface area contributed by atoms with Gasteiger partial charge in [0.25, 0.3) is 5.92 Å². The molecule has 1 aromatic carbocycles. The highest BCUT2D eigenvalue weighted by Crippen LogP contribution is 2.42. The van der Waals surface area contributed by atoms with Crippen LogP contribution in [0, 0.1) is 5.82 Å². The van der Waals surface area contributed by atoms with Crippen molar-refractivity contribution in [2.24, 2.45) is 0 Å². The van der Waals surface area contributed by atoms with Gasteiger partial charge in [0.05, 0.1) is 7.11 Å². The normalized spacial score (nSPS) is 16.3. The number of nitrogens with one attached hydrogen (secondary N) is 1. The maximum atomic E-state index is 15.0. The first-order valence-corrected chi connectivity index (χ1v) is 8.72. The van der Waals surface area contributed by atoms with Gasteiger partial charge < -0.3 is 9.29 Å². The molecule has 0 aliphatic rings. The number of benzene rings is 1. The molecule has 0 radical (unpaired) electrons. The van der Waals surface area contributed by atoms with Crippen LogP contribution in [0.4, 0.5) is 17.6 Å². The van der Waals surface area contributed by atoms with Crippen LogP contribution in [0.3, 0.4) is 0 Å². The number of carbonyl (C=O) groups is 1. The largest absolute Gasteiger partial charge is 0.598 e. The van der Waals surface area contributed by atoms with Gasteiger partial charge >= 0.3 is 5.97 Å². The molecule has 0 aromatic heterocycles. The lowest BCUT2D eigenvalue weighted by molar-refractivity contribution is -0.135. The number of carbonyl (C=O) groups excluding carboxylic acids is 1. The lowest BCUT2D eigenvalue weighted by Crippen LogP contribution is -2.61. The molecular formula is C17H21F4NO3S. The molecule has 4 nitrogen and oxygen atoms in total. The summed E-state index contributed by atoms with van der Waals surface area (Å²) in [6, 6.07) is 4.37. The number of hydrogen-bond acceptors (Lipinski definition) is 4. The summed E-state index contributed by atoms with van der Waals surface area (Å²) in [5.74, 6) is -6.31. The zero-order valence-electron chi connectivity index (χ0n) is 14.8. The molecule has 0 heterocycles. The standard InChI is InChI=1S/C17H21F4NO3S/c1-15(2,3)26(24)22-16(11-18,12-7-5-6-8-13(12)19)17(20,21)10-9-14(23)25-4/h5-10,22H,11H2,1-4H3/b10-9+/t16-,26-/m1/s1. The van der Waals surface area contributed by atoms with Gasteiger partial charge in [-0.25, -0.2) is 13.6 Å². The summed E-state index contributed by atoms with van der Waals surface area (Å²) >= 11 is -2.16. The fourth-order valence-corrected chi connectivity index (χ4v) is 2.92. The first-order valence-electron chi connectivity index (χ1n) is 7.57. The number of ether oxygens (including phenoxy) is 1. The number of rotatable bonds is 7. The van der Waals surface area contributed by atoms with Crippen LogP contribution >= 0.6 is 0 Å². The molecule has 0 spiro atoms. The Morgan fingerprint density at radius 3 is 2.35 bits per heavy atom. The molecule has 2 atom stereocenters. The zero-order chi connectivity index (χ0) is 20.2. The number of methoxy groups -OCH3 is 1. The van der Waals surface area contributed by atoms with Gasteiger partial charge in [-0.2, -0.15) is 8.78 Å². The van der Waals surface area contributed by atoms with Crippen molar-refractivity contribution in [2.45, 2.75) is 37.0 Å². The maximum Gasteiger partial charge on any atom is 0.330 e. The van der Waals surface area contributed by atoms with E-state index in [4.69, 9.17) is 0 Å². The highest BCUT2D eigenvalue weighted by Gasteiger charge is 2.59. The smallest absolute Gasteiger partial charge is 0.330 e. The number of esters is 1. The monoisotopic (exact) mass is 395 g/mol. The maximum absolute atomic E-state index is 15.0. The molecule has 0 fully saturated rings. The molecule has 0 saturated heterocycles. The summed E-state index contributed by atoms with van der Waals surface area (Å²) in [6.07, 6.45) is 0.519. The van der Waals surface area contributed by atoms with Crippen molar-refractivity contribution in [1.82, 2.24) is 4.72 Å². The van der Waals surface area contributed by atoms with E-state index in [2.05, 4.69) is 9.46 Å². The van der Waals surface area contributed by atoms with E-state index in [1.165, 1.54) is 32.9 Å². The molecule has 26 heavy (non-hydrogen) atoms. The Morgan fingerprint density at radius 1 is 1.31 bits per heavy atom. The average molecular weight is 395 g/mol. The molecule has 0 amide bonds.